The molecule has 6 N–H and O–H groups in total. The van der Waals surface area contributed by atoms with Gasteiger partial charge in [0.2, 0.25) is 0 Å². The number of carbonyl (C=O) groups is 1. The van der Waals surface area contributed by atoms with Crippen LogP contribution in [0.1, 0.15) is 28.4 Å². The van der Waals surface area contributed by atoms with Gasteiger partial charge in [-0.25, -0.2) is 4.79 Å². The van der Waals surface area contributed by atoms with Crippen LogP contribution >= 0.6 is 0 Å². The molecule has 0 aromatic heterocycles. The van der Waals surface area contributed by atoms with E-state index in [4.69, 9.17) is 21.9 Å². The predicted molar refractivity (Wildman–Crippen MR) is 111 cm³/mol. The number of hydrogen-bond acceptors (Lipinski definition) is 5. The predicted octanol–water partition coefficient (Wildman–Crippen LogP) is 3.89. The van der Waals surface area contributed by atoms with Crippen molar-refractivity contribution < 1.29 is 9.53 Å². The number of esters is 1. The standard InChI is InChI=1S/C13H14N2.C9H11NO2/c14-12-5-1-10(2-6-12)9-11-3-7-13(15)8-4-11;1-2-12-9(11)7-5-3-4-6-8(7)10/h1-8H,9,14-15H2;3-6H,2,10H2,1H3. The minimum Gasteiger partial charge on any atom is -0.462 e. The van der Waals surface area contributed by atoms with Crippen LogP contribution in [0.25, 0.3) is 0 Å². The van der Waals surface area contributed by atoms with E-state index in [2.05, 4.69) is 0 Å². The third kappa shape index (κ3) is 6.40. The average molecular weight is 363 g/mol. The summed E-state index contributed by atoms with van der Waals surface area (Å²) in [4.78, 5) is 11.2. The van der Waals surface area contributed by atoms with Crippen molar-refractivity contribution in [3.63, 3.8) is 0 Å². The summed E-state index contributed by atoms with van der Waals surface area (Å²) in [6.07, 6.45) is 0.917. The third-order valence-electron chi connectivity index (χ3n) is 3.82. The van der Waals surface area contributed by atoms with E-state index >= 15 is 0 Å². The molecule has 0 radical (unpaired) electrons. The number of benzene rings is 3. The minimum atomic E-state index is -0.365. The lowest BCUT2D eigenvalue weighted by atomic mass is 10.0. The van der Waals surface area contributed by atoms with E-state index in [1.165, 1.54) is 11.1 Å². The molecule has 0 bridgehead atoms. The second kappa shape index (κ2) is 9.87. The number of hydrogen-bond donors (Lipinski definition) is 3. The SMILES string of the molecule is CCOC(=O)c1ccccc1N.Nc1ccc(Cc2ccc(N)cc2)cc1. The Bertz CT molecular complexity index is 816. The number of rotatable bonds is 4. The molecule has 140 valence electrons. The van der Waals surface area contributed by atoms with Gasteiger partial charge in [-0.1, -0.05) is 36.4 Å². The van der Waals surface area contributed by atoms with Gasteiger partial charge in [-0.15, -0.1) is 0 Å². The van der Waals surface area contributed by atoms with Crippen molar-refractivity contribution in [2.45, 2.75) is 13.3 Å². The van der Waals surface area contributed by atoms with E-state index < -0.39 is 0 Å². The highest BCUT2D eigenvalue weighted by atomic mass is 16.5. The average Bonchev–Trinajstić information content (AvgIpc) is 2.66. The van der Waals surface area contributed by atoms with Gasteiger partial charge in [-0.05, 0) is 60.9 Å². The maximum atomic E-state index is 11.2. The van der Waals surface area contributed by atoms with Crippen molar-refractivity contribution in [2.75, 3.05) is 23.8 Å². The van der Waals surface area contributed by atoms with E-state index in [0.717, 1.165) is 17.8 Å². The molecule has 0 saturated heterocycles. The minimum absolute atomic E-state index is 0.365. The zero-order valence-corrected chi connectivity index (χ0v) is 15.4. The molecule has 3 aromatic carbocycles. The first-order valence-electron chi connectivity index (χ1n) is 8.70. The van der Waals surface area contributed by atoms with Crippen molar-refractivity contribution >= 4 is 23.0 Å². The molecule has 0 atom stereocenters. The van der Waals surface area contributed by atoms with Gasteiger partial charge in [0.25, 0.3) is 0 Å². The van der Waals surface area contributed by atoms with Crippen LogP contribution in [0.3, 0.4) is 0 Å². The van der Waals surface area contributed by atoms with Crippen molar-refractivity contribution in [3.8, 4) is 0 Å². The van der Waals surface area contributed by atoms with Crippen LogP contribution in [-0.4, -0.2) is 12.6 Å². The Kier molecular flexibility index (Phi) is 7.26. The van der Waals surface area contributed by atoms with Crippen LogP contribution in [0.15, 0.2) is 72.8 Å². The molecule has 0 aliphatic rings. The summed E-state index contributed by atoms with van der Waals surface area (Å²) < 4.78 is 4.79. The monoisotopic (exact) mass is 363 g/mol. The Balaban J connectivity index is 0.000000199. The Hall–Kier alpha value is -3.47. The van der Waals surface area contributed by atoms with Crippen LogP contribution in [0.5, 0.6) is 0 Å². The first-order valence-corrected chi connectivity index (χ1v) is 8.70. The summed E-state index contributed by atoms with van der Waals surface area (Å²) in [6.45, 7) is 2.13. The fourth-order valence-corrected chi connectivity index (χ4v) is 2.40. The fourth-order valence-electron chi connectivity index (χ4n) is 2.40. The molecule has 27 heavy (non-hydrogen) atoms. The van der Waals surface area contributed by atoms with Gasteiger partial charge in [0.15, 0.2) is 0 Å². The van der Waals surface area contributed by atoms with Crippen molar-refractivity contribution in [2.24, 2.45) is 0 Å². The molecular formula is C22H25N3O2. The van der Waals surface area contributed by atoms with Crippen LogP contribution in [0.2, 0.25) is 0 Å². The quantitative estimate of drug-likeness (QED) is 0.482. The molecule has 0 unspecified atom stereocenters. The zero-order valence-electron chi connectivity index (χ0n) is 15.4. The number of nitrogen functional groups attached to an aromatic ring is 3. The Labute approximate surface area is 159 Å². The highest BCUT2D eigenvalue weighted by Crippen LogP contribution is 2.13. The molecule has 0 fully saturated rings. The summed E-state index contributed by atoms with van der Waals surface area (Å²) in [6, 6.07) is 22.7. The fraction of sp³-hybridized carbons (Fsp3) is 0.136. The van der Waals surface area contributed by atoms with Crippen LogP contribution in [0, 0.1) is 0 Å². The van der Waals surface area contributed by atoms with Gasteiger partial charge in [0.05, 0.1) is 12.2 Å². The largest absolute Gasteiger partial charge is 0.462 e. The molecule has 0 saturated carbocycles. The lowest BCUT2D eigenvalue weighted by Crippen LogP contribution is -2.07. The summed E-state index contributed by atoms with van der Waals surface area (Å²) in [5, 5.41) is 0. The number of carbonyl (C=O) groups excluding carboxylic acids is 1. The molecule has 3 aromatic rings. The number of anilines is 3. The van der Waals surface area contributed by atoms with E-state index in [-0.39, 0.29) is 5.97 Å². The second-order valence-electron chi connectivity index (χ2n) is 5.97. The molecule has 0 heterocycles. The van der Waals surface area contributed by atoms with Gasteiger partial charge in [-0.2, -0.15) is 0 Å². The van der Waals surface area contributed by atoms with E-state index in [9.17, 15) is 4.79 Å². The number of nitrogens with two attached hydrogens (primary N) is 3. The number of ether oxygens (including phenoxy) is 1. The smallest absolute Gasteiger partial charge is 0.340 e. The molecule has 0 spiro atoms. The van der Waals surface area contributed by atoms with E-state index in [1.807, 2.05) is 48.5 Å². The highest BCUT2D eigenvalue weighted by Gasteiger charge is 2.08. The van der Waals surface area contributed by atoms with Gasteiger partial charge in [0, 0.05) is 17.1 Å². The van der Waals surface area contributed by atoms with Gasteiger partial charge < -0.3 is 21.9 Å². The molecule has 5 heteroatoms. The third-order valence-corrected chi connectivity index (χ3v) is 3.82. The van der Waals surface area contributed by atoms with Gasteiger partial charge >= 0.3 is 5.97 Å². The van der Waals surface area contributed by atoms with Crippen LogP contribution in [-0.2, 0) is 11.2 Å². The van der Waals surface area contributed by atoms with Crippen molar-refractivity contribution in [3.05, 3.63) is 89.5 Å². The van der Waals surface area contributed by atoms with Gasteiger partial charge in [-0.3, -0.25) is 0 Å². The molecule has 0 aliphatic heterocycles. The Morgan fingerprint density at radius 1 is 0.778 bits per heavy atom. The van der Waals surface area contributed by atoms with Crippen molar-refractivity contribution in [1.82, 2.24) is 0 Å². The lowest BCUT2D eigenvalue weighted by molar-refractivity contribution is 0.0527. The number of para-hydroxylation sites is 1. The molecule has 5 nitrogen and oxygen atoms in total. The summed E-state index contributed by atoms with van der Waals surface area (Å²) in [5.74, 6) is -0.365. The van der Waals surface area contributed by atoms with Crippen LogP contribution < -0.4 is 17.2 Å². The molecular weight excluding hydrogens is 338 g/mol. The topological polar surface area (TPSA) is 104 Å². The van der Waals surface area contributed by atoms with E-state index in [1.54, 1.807) is 31.2 Å². The Morgan fingerprint density at radius 2 is 1.26 bits per heavy atom. The normalized spacial score (nSPS) is 9.81. The maximum Gasteiger partial charge on any atom is 0.340 e. The van der Waals surface area contributed by atoms with Crippen LogP contribution in [0.4, 0.5) is 17.1 Å². The van der Waals surface area contributed by atoms with Crippen molar-refractivity contribution in [1.29, 1.82) is 0 Å². The Morgan fingerprint density at radius 3 is 1.70 bits per heavy atom. The molecule has 0 aliphatic carbocycles. The maximum absolute atomic E-state index is 11.2. The lowest BCUT2D eigenvalue weighted by Gasteiger charge is -2.03. The summed E-state index contributed by atoms with van der Waals surface area (Å²) >= 11 is 0. The first kappa shape index (κ1) is 19.8. The highest BCUT2D eigenvalue weighted by molar-refractivity contribution is 5.94. The zero-order chi connectivity index (χ0) is 19.6. The molecule has 0 amide bonds. The second-order valence-corrected chi connectivity index (χ2v) is 5.97. The van der Waals surface area contributed by atoms with Gasteiger partial charge in [0.1, 0.15) is 0 Å². The summed E-state index contributed by atoms with van der Waals surface area (Å²) in [5.41, 5.74) is 21.8. The summed E-state index contributed by atoms with van der Waals surface area (Å²) in [7, 11) is 0. The van der Waals surface area contributed by atoms with E-state index in [0.29, 0.717) is 17.9 Å². The molecule has 3 rings (SSSR count). The first-order chi connectivity index (χ1) is 13.0.